The second kappa shape index (κ2) is 11.1. The molecule has 0 fully saturated rings. The first-order chi connectivity index (χ1) is 13.1. The van der Waals surface area contributed by atoms with E-state index in [0.29, 0.717) is 31.2 Å². The van der Waals surface area contributed by atoms with Gasteiger partial charge in [0, 0.05) is 44.5 Å². The molecule has 0 saturated heterocycles. The Morgan fingerprint density at radius 3 is 2.48 bits per heavy atom. The number of nitrogens with zero attached hydrogens (tertiary/aromatic N) is 3. The molecule has 2 rings (SSSR count). The minimum Gasteiger partial charge on any atom is -0.383 e. The number of hydrogen-bond donors (Lipinski definition) is 1. The van der Waals surface area contributed by atoms with Crippen molar-refractivity contribution in [1.82, 2.24) is 20.1 Å². The molecule has 1 aromatic heterocycles. The smallest absolute Gasteiger partial charge is 0.251 e. The van der Waals surface area contributed by atoms with Crippen LogP contribution in [0.4, 0.5) is 0 Å². The Hall–Kier alpha value is -1.90. The molecule has 0 spiro atoms. The lowest BCUT2D eigenvalue weighted by Crippen LogP contribution is -2.26. The van der Waals surface area contributed by atoms with Gasteiger partial charge in [0.25, 0.3) is 5.91 Å². The molecular formula is C19H28N4O3S. The Morgan fingerprint density at radius 1 is 1.15 bits per heavy atom. The summed E-state index contributed by atoms with van der Waals surface area (Å²) in [6.07, 6.45) is 0. The number of carbonyl (C=O) groups excluding carboxylic acids is 1. The van der Waals surface area contributed by atoms with E-state index in [2.05, 4.69) is 33.9 Å². The summed E-state index contributed by atoms with van der Waals surface area (Å²) in [6.45, 7) is 6.58. The fourth-order valence-corrected chi connectivity index (χ4v) is 3.42. The molecule has 2 aromatic rings. The lowest BCUT2D eigenvalue weighted by molar-refractivity contribution is 0.0937. The molecule has 0 bridgehead atoms. The molecule has 0 aliphatic carbocycles. The number of amides is 1. The van der Waals surface area contributed by atoms with Crippen LogP contribution in [0.2, 0.25) is 0 Å². The number of thioether (sulfide) groups is 1. The molecule has 27 heavy (non-hydrogen) atoms. The van der Waals surface area contributed by atoms with Gasteiger partial charge in [0.1, 0.15) is 5.82 Å². The van der Waals surface area contributed by atoms with Crippen molar-refractivity contribution in [3.63, 3.8) is 0 Å². The van der Waals surface area contributed by atoms with Crippen molar-refractivity contribution in [3.05, 3.63) is 41.2 Å². The van der Waals surface area contributed by atoms with Crippen LogP contribution >= 0.6 is 11.8 Å². The average molecular weight is 393 g/mol. The normalized spacial score (nSPS) is 11.1. The highest BCUT2D eigenvalue weighted by Gasteiger charge is 2.15. The number of hydrogen-bond acceptors (Lipinski definition) is 6. The maximum atomic E-state index is 12.0. The van der Waals surface area contributed by atoms with Crippen molar-refractivity contribution in [2.45, 2.75) is 37.2 Å². The second-order valence-corrected chi connectivity index (χ2v) is 7.32. The van der Waals surface area contributed by atoms with E-state index in [1.807, 2.05) is 24.3 Å². The SMILES string of the molecule is COCCNC(=O)c1ccc(CSc2nnc(C(C)C)n2CCOC)cc1. The zero-order valence-electron chi connectivity index (χ0n) is 16.4. The first-order valence-electron chi connectivity index (χ1n) is 8.97. The van der Waals surface area contributed by atoms with Gasteiger partial charge in [-0.05, 0) is 17.7 Å². The monoisotopic (exact) mass is 392 g/mol. The summed E-state index contributed by atoms with van der Waals surface area (Å²) >= 11 is 1.64. The van der Waals surface area contributed by atoms with Gasteiger partial charge in [0.15, 0.2) is 5.16 Å². The summed E-state index contributed by atoms with van der Waals surface area (Å²) < 4.78 is 12.3. The molecule has 0 radical (unpaired) electrons. The van der Waals surface area contributed by atoms with E-state index < -0.39 is 0 Å². The number of benzene rings is 1. The van der Waals surface area contributed by atoms with E-state index in [1.54, 1.807) is 26.0 Å². The van der Waals surface area contributed by atoms with Crippen molar-refractivity contribution in [2.24, 2.45) is 0 Å². The quantitative estimate of drug-likeness (QED) is 0.468. The highest BCUT2D eigenvalue weighted by Crippen LogP contribution is 2.24. The van der Waals surface area contributed by atoms with E-state index in [4.69, 9.17) is 9.47 Å². The second-order valence-electron chi connectivity index (χ2n) is 6.37. The van der Waals surface area contributed by atoms with Crippen molar-refractivity contribution < 1.29 is 14.3 Å². The third-order valence-corrected chi connectivity index (χ3v) is 4.99. The fourth-order valence-electron chi connectivity index (χ4n) is 2.50. The summed E-state index contributed by atoms with van der Waals surface area (Å²) in [4.78, 5) is 12.0. The van der Waals surface area contributed by atoms with E-state index in [0.717, 1.165) is 28.8 Å². The number of methoxy groups -OCH3 is 2. The van der Waals surface area contributed by atoms with E-state index in [1.165, 1.54) is 0 Å². The van der Waals surface area contributed by atoms with Gasteiger partial charge in [0.05, 0.1) is 13.2 Å². The van der Waals surface area contributed by atoms with Crippen molar-refractivity contribution >= 4 is 17.7 Å². The Balaban J connectivity index is 1.97. The van der Waals surface area contributed by atoms with Crippen LogP contribution in [0.25, 0.3) is 0 Å². The van der Waals surface area contributed by atoms with Gasteiger partial charge < -0.3 is 19.4 Å². The molecule has 0 unspecified atom stereocenters. The van der Waals surface area contributed by atoms with E-state index in [9.17, 15) is 4.79 Å². The Morgan fingerprint density at radius 2 is 1.85 bits per heavy atom. The minimum atomic E-state index is -0.0906. The molecule has 0 aliphatic heterocycles. The highest BCUT2D eigenvalue weighted by atomic mass is 32.2. The van der Waals surface area contributed by atoms with Gasteiger partial charge >= 0.3 is 0 Å². The van der Waals surface area contributed by atoms with Crippen molar-refractivity contribution in [3.8, 4) is 0 Å². The molecule has 0 atom stereocenters. The van der Waals surface area contributed by atoms with E-state index >= 15 is 0 Å². The third-order valence-electron chi connectivity index (χ3n) is 3.96. The highest BCUT2D eigenvalue weighted by molar-refractivity contribution is 7.98. The van der Waals surface area contributed by atoms with Gasteiger partial charge in [-0.15, -0.1) is 10.2 Å². The first-order valence-corrected chi connectivity index (χ1v) is 9.96. The first kappa shape index (κ1) is 21.4. The van der Waals surface area contributed by atoms with Crippen LogP contribution in [0.1, 0.15) is 41.5 Å². The molecule has 148 valence electrons. The standard InChI is InChI=1S/C19H28N4O3S/c1-14(2)17-21-22-19(23(17)10-12-26-4)27-13-15-5-7-16(8-6-15)18(24)20-9-11-25-3/h5-8,14H,9-13H2,1-4H3,(H,20,24). The van der Waals surface area contributed by atoms with Crippen LogP contribution in [0, 0.1) is 0 Å². The van der Waals surface area contributed by atoms with Crippen LogP contribution in [0.3, 0.4) is 0 Å². The minimum absolute atomic E-state index is 0.0906. The van der Waals surface area contributed by atoms with Crippen molar-refractivity contribution in [2.75, 3.05) is 34.0 Å². The fraction of sp³-hybridized carbons (Fsp3) is 0.526. The molecule has 1 N–H and O–H groups in total. The van der Waals surface area contributed by atoms with E-state index in [-0.39, 0.29) is 5.91 Å². The lowest BCUT2D eigenvalue weighted by atomic mass is 10.1. The predicted octanol–water partition coefficient (Wildman–Crippen LogP) is 2.72. The van der Waals surface area contributed by atoms with Crippen molar-refractivity contribution in [1.29, 1.82) is 0 Å². The molecule has 8 heteroatoms. The molecule has 0 aliphatic rings. The molecule has 7 nitrogen and oxygen atoms in total. The maximum Gasteiger partial charge on any atom is 0.251 e. The summed E-state index contributed by atoms with van der Waals surface area (Å²) in [5.74, 6) is 1.94. The van der Waals surface area contributed by atoms with Crippen LogP contribution < -0.4 is 5.32 Å². The van der Waals surface area contributed by atoms with Crippen LogP contribution in [0.15, 0.2) is 29.4 Å². The third kappa shape index (κ3) is 6.34. The number of ether oxygens (including phenoxy) is 2. The lowest BCUT2D eigenvalue weighted by Gasteiger charge is -2.11. The van der Waals surface area contributed by atoms with Gasteiger partial charge in [0.2, 0.25) is 0 Å². The topological polar surface area (TPSA) is 78.3 Å². The zero-order valence-corrected chi connectivity index (χ0v) is 17.2. The average Bonchev–Trinajstić information content (AvgIpc) is 3.08. The van der Waals surface area contributed by atoms with Crippen LogP contribution in [0.5, 0.6) is 0 Å². The summed E-state index contributed by atoms with van der Waals surface area (Å²) in [7, 11) is 3.30. The Bertz CT molecular complexity index is 716. The van der Waals surface area contributed by atoms with Gasteiger partial charge in [-0.25, -0.2) is 0 Å². The van der Waals surface area contributed by atoms with Gasteiger partial charge in [-0.1, -0.05) is 37.7 Å². The number of nitrogens with one attached hydrogen (secondary N) is 1. The van der Waals surface area contributed by atoms with Crippen LogP contribution in [-0.2, 0) is 21.8 Å². The maximum absolute atomic E-state index is 12.0. The van der Waals surface area contributed by atoms with Crippen LogP contribution in [-0.4, -0.2) is 54.6 Å². The number of aromatic nitrogens is 3. The Labute approximate surface area is 164 Å². The summed E-state index contributed by atoms with van der Waals surface area (Å²) in [6, 6.07) is 7.62. The molecule has 1 heterocycles. The van der Waals surface area contributed by atoms with Gasteiger partial charge in [-0.2, -0.15) is 0 Å². The zero-order chi connectivity index (χ0) is 19.6. The van der Waals surface area contributed by atoms with Gasteiger partial charge in [-0.3, -0.25) is 4.79 Å². The Kier molecular flexibility index (Phi) is 8.77. The summed E-state index contributed by atoms with van der Waals surface area (Å²) in [5.41, 5.74) is 1.77. The molecular weight excluding hydrogens is 364 g/mol. The molecule has 1 amide bonds. The molecule has 0 saturated carbocycles. The number of rotatable bonds is 11. The number of carbonyl (C=O) groups is 1. The predicted molar refractivity (Wildman–Crippen MR) is 106 cm³/mol. The largest absolute Gasteiger partial charge is 0.383 e. The molecule has 1 aromatic carbocycles. The summed E-state index contributed by atoms with van der Waals surface area (Å²) in [5, 5.41) is 12.4.